The maximum absolute atomic E-state index is 11.9. The van der Waals surface area contributed by atoms with Crippen LogP contribution in [0.5, 0.6) is 0 Å². The zero-order valence-corrected chi connectivity index (χ0v) is 11.8. The molecule has 0 aromatic carbocycles. The third kappa shape index (κ3) is 2.54. The Morgan fingerprint density at radius 3 is 2.11 bits per heavy atom. The van der Waals surface area contributed by atoms with E-state index in [0.29, 0.717) is 12.1 Å². The van der Waals surface area contributed by atoms with Crippen LogP contribution in [0.2, 0.25) is 0 Å². The molecule has 0 aromatic rings. The molecule has 5 aliphatic rings. The van der Waals surface area contributed by atoms with Gasteiger partial charge in [0.05, 0.1) is 6.54 Å². The van der Waals surface area contributed by atoms with Crippen molar-refractivity contribution in [3.63, 3.8) is 0 Å². The highest BCUT2D eigenvalue weighted by molar-refractivity contribution is 5.78. The Morgan fingerprint density at radius 1 is 1.00 bits per heavy atom. The molecule has 5 aliphatic carbocycles. The fraction of sp³-hybridized carbons (Fsp3) is 0.938. The maximum atomic E-state index is 11.9. The van der Waals surface area contributed by atoms with E-state index in [0.717, 1.165) is 30.2 Å². The molecule has 3 nitrogen and oxygen atoms in total. The Morgan fingerprint density at radius 2 is 1.58 bits per heavy atom. The predicted octanol–water partition coefficient (Wildman–Crippen LogP) is 2.07. The van der Waals surface area contributed by atoms with Gasteiger partial charge in [-0.25, -0.2) is 0 Å². The Bertz CT molecular complexity index is 340. The van der Waals surface area contributed by atoms with Crippen LogP contribution in [-0.4, -0.2) is 24.5 Å². The molecule has 0 aromatic heterocycles. The van der Waals surface area contributed by atoms with Gasteiger partial charge in [0.15, 0.2) is 0 Å². The molecule has 0 aliphatic heterocycles. The van der Waals surface area contributed by atoms with E-state index in [1.54, 1.807) is 0 Å². The molecule has 0 saturated heterocycles. The summed E-state index contributed by atoms with van der Waals surface area (Å²) in [6.07, 6.45) is 11.0. The van der Waals surface area contributed by atoms with E-state index in [1.807, 2.05) is 0 Å². The normalized spacial score (nSPS) is 43.5. The third-order valence-corrected chi connectivity index (χ3v) is 5.95. The van der Waals surface area contributed by atoms with Gasteiger partial charge in [0, 0.05) is 12.1 Å². The molecule has 3 heteroatoms. The van der Waals surface area contributed by atoms with Gasteiger partial charge in [-0.1, -0.05) is 0 Å². The van der Waals surface area contributed by atoms with Gasteiger partial charge in [0.1, 0.15) is 0 Å². The third-order valence-electron chi connectivity index (χ3n) is 5.95. The average molecular weight is 262 g/mol. The fourth-order valence-electron chi connectivity index (χ4n) is 5.24. The second kappa shape index (κ2) is 4.47. The lowest BCUT2D eigenvalue weighted by atomic mass is 9.53. The summed E-state index contributed by atoms with van der Waals surface area (Å²) in [5.41, 5.74) is 0.325. The van der Waals surface area contributed by atoms with Gasteiger partial charge in [-0.3, -0.25) is 4.79 Å². The summed E-state index contributed by atoms with van der Waals surface area (Å²) in [7, 11) is 0. The van der Waals surface area contributed by atoms with Crippen molar-refractivity contribution in [3.8, 4) is 0 Å². The predicted molar refractivity (Wildman–Crippen MR) is 74.6 cm³/mol. The van der Waals surface area contributed by atoms with Gasteiger partial charge in [-0.05, 0) is 75.0 Å². The van der Waals surface area contributed by atoms with E-state index in [9.17, 15) is 4.79 Å². The summed E-state index contributed by atoms with van der Waals surface area (Å²) < 4.78 is 0. The topological polar surface area (TPSA) is 41.1 Å². The number of amides is 1. The Kier molecular flexibility index (Phi) is 2.87. The van der Waals surface area contributed by atoms with Gasteiger partial charge in [-0.15, -0.1) is 0 Å². The van der Waals surface area contributed by atoms with Crippen LogP contribution < -0.4 is 10.6 Å². The summed E-state index contributed by atoms with van der Waals surface area (Å²) in [5.74, 6) is 3.85. The number of hydrogen-bond donors (Lipinski definition) is 2. The van der Waals surface area contributed by atoms with Crippen LogP contribution in [0.15, 0.2) is 0 Å². The molecule has 0 spiro atoms. The van der Waals surface area contributed by atoms with Crippen LogP contribution >= 0.6 is 0 Å². The van der Waals surface area contributed by atoms with E-state index >= 15 is 0 Å². The van der Waals surface area contributed by atoms with Crippen molar-refractivity contribution in [2.45, 2.75) is 56.9 Å². The molecule has 5 saturated carbocycles. The van der Waals surface area contributed by atoms with Gasteiger partial charge >= 0.3 is 0 Å². The van der Waals surface area contributed by atoms with E-state index in [1.165, 1.54) is 51.4 Å². The number of rotatable bonds is 5. The van der Waals surface area contributed by atoms with Gasteiger partial charge in [-0.2, -0.15) is 0 Å². The van der Waals surface area contributed by atoms with E-state index in [2.05, 4.69) is 10.6 Å². The molecule has 2 N–H and O–H groups in total. The molecular weight excluding hydrogens is 236 g/mol. The molecule has 19 heavy (non-hydrogen) atoms. The van der Waals surface area contributed by atoms with Crippen molar-refractivity contribution in [2.24, 2.45) is 23.7 Å². The molecule has 0 atom stereocenters. The van der Waals surface area contributed by atoms with Crippen LogP contribution in [0, 0.1) is 23.7 Å². The molecule has 4 bridgehead atoms. The maximum Gasteiger partial charge on any atom is 0.233 e. The zero-order valence-electron chi connectivity index (χ0n) is 11.8. The highest BCUT2D eigenvalue weighted by atomic mass is 16.1. The van der Waals surface area contributed by atoms with Crippen molar-refractivity contribution in [2.75, 3.05) is 13.1 Å². The summed E-state index contributed by atoms with van der Waals surface area (Å²) in [6.45, 7) is 1.44. The highest BCUT2D eigenvalue weighted by Crippen LogP contribution is 2.55. The Balaban J connectivity index is 1.30. The monoisotopic (exact) mass is 262 g/mol. The number of hydrogen-bond acceptors (Lipinski definition) is 2. The molecule has 0 heterocycles. The minimum Gasteiger partial charge on any atom is -0.355 e. The molecule has 5 fully saturated rings. The van der Waals surface area contributed by atoms with Gasteiger partial charge < -0.3 is 10.6 Å². The van der Waals surface area contributed by atoms with Crippen molar-refractivity contribution in [1.29, 1.82) is 0 Å². The van der Waals surface area contributed by atoms with E-state index in [-0.39, 0.29) is 5.91 Å². The summed E-state index contributed by atoms with van der Waals surface area (Å²) in [4.78, 5) is 11.9. The molecule has 0 unspecified atom stereocenters. The number of nitrogens with one attached hydrogen (secondary N) is 2. The second-order valence-electron chi connectivity index (χ2n) is 7.80. The van der Waals surface area contributed by atoms with Gasteiger partial charge in [0.2, 0.25) is 5.91 Å². The summed E-state index contributed by atoms with van der Waals surface area (Å²) >= 11 is 0. The van der Waals surface area contributed by atoms with E-state index in [4.69, 9.17) is 0 Å². The van der Waals surface area contributed by atoms with Crippen molar-refractivity contribution in [3.05, 3.63) is 0 Å². The van der Waals surface area contributed by atoms with Crippen molar-refractivity contribution in [1.82, 2.24) is 10.6 Å². The summed E-state index contributed by atoms with van der Waals surface area (Å²) in [5, 5.41) is 6.73. The van der Waals surface area contributed by atoms with Crippen molar-refractivity contribution >= 4 is 5.91 Å². The van der Waals surface area contributed by atoms with Crippen LogP contribution in [-0.2, 0) is 4.79 Å². The average Bonchev–Trinajstić information content (AvgIpc) is 3.16. The van der Waals surface area contributed by atoms with Gasteiger partial charge in [0.25, 0.3) is 0 Å². The number of carbonyl (C=O) groups is 1. The highest BCUT2D eigenvalue weighted by Gasteiger charge is 2.50. The lowest BCUT2D eigenvalue weighted by molar-refractivity contribution is -0.121. The lowest BCUT2D eigenvalue weighted by Crippen LogP contribution is -2.59. The first kappa shape index (κ1) is 12.2. The lowest BCUT2D eigenvalue weighted by Gasteiger charge is -2.57. The Labute approximate surface area is 115 Å². The van der Waals surface area contributed by atoms with Crippen LogP contribution in [0.25, 0.3) is 0 Å². The smallest absolute Gasteiger partial charge is 0.233 e. The Hall–Kier alpha value is -0.570. The molecule has 106 valence electrons. The molecular formula is C16H26N2O. The zero-order chi connectivity index (χ0) is 12.9. The first-order valence-corrected chi connectivity index (χ1v) is 8.22. The fourth-order valence-corrected chi connectivity index (χ4v) is 5.24. The first-order chi connectivity index (χ1) is 9.21. The van der Waals surface area contributed by atoms with Crippen molar-refractivity contribution < 1.29 is 4.79 Å². The largest absolute Gasteiger partial charge is 0.355 e. The minimum absolute atomic E-state index is 0.211. The molecule has 5 rings (SSSR count). The standard InChI is InChI=1S/C16H26N2O/c19-15(17-9-11-1-2-11)10-18-16-6-12-3-13(7-16)5-14(4-12)8-16/h11-14,18H,1-10H2,(H,17,19). The molecule has 0 radical (unpaired) electrons. The minimum atomic E-state index is 0.211. The second-order valence-corrected chi connectivity index (χ2v) is 7.80. The van der Waals surface area contributed by atoms with Crippen LogP contribution in [0.4, 0.5) is 0 Å². The quantitative estimate of drug-likeness (QED) is 0.796. The molecule has 1 amide bonds. The summed E-state index contributed by atoms with van der Waals surface area (Å²) in [6, 6.07) is 0. The van der Waals surface area contributed by atoms with Crippen LogP contribution in [0.3, 0.4) is 0 Å². The van der Waals surface area contributed by atoms with Crippen LogP contribution in [0.1, 0.15) is 51.4 Å². The van der Waals surface area contributed by atoms with E-state index < -0.39 is 0 Å². The SMILES string of the molecule is O=C(CNC12CC3CC(CC(C3)C1)C2)NCC1CC1. The number of carbonyl (C=O) groups excluding carboxylic acids is 1. The first-order valence-electron chi connectivity index (χ1n) is 8.22.